The lowest BCUT2D eigenvalue weighted by Gasteiger charge is -2.20. The maximum absolute atomic E-state index is 12.7. The fraction of sp³-hybridized carbons (Fsp3) is 0.429. The Morgan fingerprint density at radius 1 is 1.17 bits per heavy atom. The minimum atomic E-state index is -0.0178. The summed E-state index contributed by atoms with van der Waals surface area (Å²) in [5.74, 6) is 1.22. The summed E-state index contributed by atoms with van der Waals surface area (Å²) in [4.78, 5) is 31.4. The number of amides is 1. The number of hydrogen-bond donors (Lipinski definition) is 0. The van der Waals surface area contributed by atoms with E-state index in [4.69, 9.17) is 4.52 Å². The van der Waals surface area contributed by atoms with E-state index in [-0.39, 0.29) is 5.91 Å². The van der Waals surface area contributed by atoms with Crippen LogP contribution in [0.1, 0.15) is 46.9 Å². The van der Waals surface area contributed by atoms with Gasteiger partial charge in [0.15, 0.2) is 0 Å². The van der Waals surface area contributed by atoms with Gasteiger partial charge in [0.25, 0.3) is 5.91 Å². The van der Waals surface area contributed by atoms with E-state index in [1.165, 1.54) is 6.33 Å². The van der Waals surface area contributed by atoms with Gasteiger partial charge in [-0.05, 0) is 57.6 Å². The van der Waals surface area contributed by atoms with Crippen LogP contribution in [0.4, 0.5) is 0 Å². The summed E-state index contributed by atoms with van der Waals surface area (Å²) in [5, 5.41) is 4.02. The fourth-order valence-corrected chi connectivity index (χ4v) is 3.94. The van der Waals surface area contributed by atoms with E-state index in [0.717, 1.165) is 67.2 Å². The predicted molar refractivity (Wildman–Crippen MR) is 106 cm³/mol. The van der Waals surface area contributed by atoms with Crippen molar-refractivity contribution >= 4 is 5.91 Å². The van der Waals surface area contributed by atoms with Gasteiger partial charge in [-0.3, -0.25) is 4.79 Å². The van der Waals surface area contributed by atoms with Gasteiger partial charge in [-0.15, -0.1) is 0 Å². The molecule has 1 atom stereocenters. The minimum absolute atomic E-state index is 0.0178. The highest BCUT2D eigenvalue weighted by Crippen LogP contribution is 2.27. The molecule has 1 aliphatic heterocycles. The van der Waals surface area contributed by atoms with Gasteiger partial charge in [0.2, 0.25) is 0 Å². The van der Waals surface area contributed by atoms with Crippen LogP contribution in [0, 0.1) is 19.8 Å². The molecule has 150 valence electrons. The standard InChI is InChI=1S/C21H24N6O2/c1-14-20(15(2)29-26-14)19-11-17(23-13-25-19)10-16-4-3-8-27(9-6-16)21(28)18-5-7-22-12-24-18/h5,7,11-13,16H,3-4,6,8-10H2,1-2H3. The Morgan fingerprint density at radius 2 is 2.07 bits per heavy atom. The molecule has 1 saturated heterocycles. The van der Waals surface area contributed by atoms with Crippen molar-refractivity contribution in [2.75, 3.05) is 13.1 Å². The zero-order valence-electron chi connectivity index (χ0n) is 16.7. The van der Waals surface area contributed by atoms with E-state index < -0.39 is 0 Å². The number of likely N-dealkylation sites (tertiary alicyclic amines) is 1. The molecule has 3 aromatic heterocycles. The SMILES string of the molecule is Cc1noc(C)c1-c1cc(CC2CCCN(C(=O)c3ccncn3)CC2)ncn1. The summed E-state index contributed by atoms with van der Waals surface area (Å²) < 4.78 is 5.27. The van der Waals surface area contributed by atoms with Crippen molar-refractivity contribution in [3.63, 3.8) is 0 Å². The molecule has 1 aliphatic rings. The van der Waals surface area contributed by atoms with E-state index in [9.17, 15) is 4.79 Å². The molecule has 4 heterocycles. The quantitative estimate of drug-likeness (QED) is 0.673. The van der Waals surface area contributed by atoms with Crippen LogP contribution in [-0.2, 0) is 6.42 Å². The van der Waals surface area contributed by atoms with Crippen molar-refractivity contribution in [1.29, 1.82) is 0 Å². The Morgan fingerprint density at radius 3 is 2.83 bits per heavy atom. The topological polar surface area (TPSA) is 97.9 Å². The van der Waals surface area contributed by atoms with Crippen LogP contribution in [0.3, 0.4) is 0 Å². The predicted octanol–water partition coefficient (Wildman–Crippen LogP) is 3.02. The molecule has 8 heteroatoms. The Hall–Kier alpha value is -3.16. The molecule has 0 N–H and O–H groups in total. The van der Waals surface area contributed by atoms with Gasteiger partial charge in [-0.1, -0.05) is 5.16 Å². The molecular formula is C21H24N6O2. The summed E-state index contributed by atoms with van der Waals surface area (Å²) in [6, 6.07) is 3.70. The van der Waals surface area contributed by atoms with E-state index in [2.05, 4.69) is 25.1 Å². The van der Waals surface area contributed by atoms with E-state index in [0.29, 0.717) is 11.6 Å². The summed E-state index contributed by atoms with van der Waals surface area (Å²) in [6.45, 7) is 5.30. The Kier molecular flexibility index (Phi) is 5.59. The van der Waals surface area contributed by atoms with Crippen LogP contribution in [0.25, 0.3) is 11.3 Å². The summed E-state index contributed by atoms with van der Waals surface area (Å²) in [6.07, 6.45) is 8.49. The molecule has 1 unspecified atom stereocenters. The largest absolute Gasteiger partial charge is 0.361 e. The van der Waals surface area contributed by atoms with Gasteiger partial charge in [0.1, 0.15) is 24.1 Å². The monoisotopic (exact) mass is 392 g/mol. The average Bonchev–Trinajstić information content (AvgIpc) is 2.93. The first-order chi connectivity index (χ1) is 14.1. The van der Waals surface area contributed by atoms with Gasteiger partial charge >= 0.3 is 0 Å². The highest BCUT2D eigenvalue weighted by Gasteiger charge is 2.23. The van der Waals surface area contributed by atoms with Gasteiger partial charge in [0, 0.05) is 25.0 Å². The van der Waals surface area contributed by atoms with Crippen LogP contribution in [0.2, 0.25) is 0 Å². The van der Waals surface area contributed by atoms with Crippen LogP contribution in [0.5, 0.6) is 0 Å². The molecule has 0 aromatic carbocycles. The first-order valence-corrected chi connectivity index (χ1v) is 9.91. The molecule has 8 nitrogen and oxygen atoms in total. The Bertz CT molecular complexity index is 968. The summed E-state index contributed by atoms with van der Waals surface area (Å²) in [7, 11) is 0. The normalized spacial score (nSPS) is 17.2. The summed E-state index contributed by atoms with van der Waals surface area (Å²) in [5.41, 5.74) is 4.09. The second-order valence-electron chi connectivity index (χ2n) is 7.48. The highest BCUT2D eigenvalue weighted by molar-refractivity contribution is 5.92. The van der Waals surface area contributed by atoms with Gasteiger partial charge in [0.05, 0.1) is 17.0 Å². The molecule has 0 saturated carbocycles. The molecule has 1 fully saturated rings. The third-order valence-corrected chi connectivity index (χ3v) is 5.45. The highest BCUT2D eigenvalue weighted by atomic mass is 16.5. The molecule has 1 amide bonds. The number of nitrogens with zero attached hydrogens (tertiary/aromatic N) is 6. The van der Waals surface area contributed by atoms with Crippen molar-refractivity contribution in [2.45, 2.75) is 39.5 Å². The zero-order valence-corrected chi connectivity index (χ0v) is 16.7. The first kappa shape index (κ1) is 19.2. The molecule has 0 aliphatic carbocycles. The Balaban J connectivity index is 1.42. The number of carbonyl (C=O) groups excluding carboxylic acids is 1. The molecule has 3 aromatic rings. The minimum Gasteiger partial charge on any atom is -0.361 e. The van der Waals surface area contributed by atoms with E-state index in [1.807, 2.05) is 24.8 Å². The molecule has 0 radical (unpaired) electrons. The molecular weight excluding hydrogens is 368 g/mol. The lowest BCUT2D eigenvalue weighted by Crippen LogP contribution is -2.32. The second kappa shape index (κ2) is 8.46. The molecule has 0 bridgehead atoms. The lowest BCUT2D eigenvalue weighted by atomic mass is 9.94. The number of carbonyl (C=O) groups is 1. The lowest BCUT2D eigenvalue weighted by molar-refractivity contribution is 0.0754. The van der Waals surface area contributed by atoms with Gasteiger partial charge < -0.3 is 9.42 Å². The third-order valence-electron chi connectivity index (χ3n) is 5.45. The average molecular weight is 392 g/mol. The van der Waals surface area contributed by atoms with Crippen LogP contribution >= 0.6 is 0 Å². The summed E-state index contributed by atoms with van der Waals surface area (Å²) >= 11 is 0. The van der Waals surface area contributed by atoms with Gasteiger partial charge in [-0.25, -0.2) is 19.9 Å². The van der Waals surface area contributed by atoms with Crippen LogP contribution in [0.15, 0.2) is 35.5 Å². The molecule has 0 spiro atoms. The fourth-order valence-electron chi connectivity index (χ4n) is 3.94. The van der Waals surface area contributed by atoms with Crippen molar-refractivity contribution in [1.82, 2.24) is 30.0 Å². The zero-order chi connectivity index (χ0) is 20.2. The van der Waals surface area contributed by atoms with Crippen molar-refractivity contribution < 1.29 is 9.32 Å². The maximum Gasteiger partial charge on any atom is 0.272 e. The first-order valence-electron chi connectivity index (χ1n) is 9.91. The number of rotatable bonds is 4. The van der Waals surface area contributed by atoms with Crippen LogP contribution in [-0.4, -0.2) is 49.0 Å². The maximum atomic E-state index is 12.7. The van der Waals surface area contributed by atoms with Gasteiger partial charge in [-0.2, -0.15) is 0 Å². The molecule has 4 rings (SSSR count). The van der Waals surface area contributed by atoms with E-state index in [1.54, 1.807) is 18.6 Å². The second-order valence-corrected chi connectivity index (χ2v) is 7.48. The van der Waals surface area contributed by atoms with Crippen LogP contribution < -0.4 is 0 Å². The van der Waals surface area contributed by atoms with Crippen molar-refractivity contribution in [2.24, 2.45) is 5.92 Å². The van der Waals surface area contributed by atoms with E-state index >= 15 is 0 Å². The Labute approximate surface area is 169 Å². The third kappa shape index (κ3) is 4.31. The molecule has 29 heavy (non-hydrogen) atoms. The number of hydrogen-bond acceptors (Lipinski definition) is 7. The van der Waals surface area contributed by atoms with Crippen molar-refractivity contribution in [3.8, 4) is 11.3 Å². The van der Waals surface area contributed by atoms with Crippen molar-refractivity contribution in [3.05, 3.63) is 53.8 Å². The smallest absolute Gasteiger partial charge is 0.272 e. The number of aryl methyl sites for hydroxylation is 2. The number of aromatic nitrogens is 5.